The van der Waals surface area contributed by atoms with Gasteiger partial charge in [-0.25, -0.2) is 0 Å². The van der Waals surface area contributed by atoms with Crippen LogP contribution in [0.25, 0.3) is 0 Å². The van der Waals surface area contributed by atoms with Crippen LogP contribution >= 0.6 is 11.3 Å². The lowest BCUT2D eigenvalue weighted by Gasteiger charge is -2.44. The van der Waals surface area contributed by atoms with Gasteiger partial charge >= 0.3 is 0 Å². The number of hydrogen-bond acceptors (Lipinski definition) is 3. The van der Waals surface area contributed by atoms with Crippen LogP contribution in [0.5, 0.6) is 0 Å². The van der Waals surface area contributed by atoms with Gasteiger partial charge in [0.2, 0.25) is 5.91 Å². The molecule has 2 fully saturated rings. The van der Waals surface area contributed by atoms with Crippen molar-refractivity contribution < 1.29 is 9.59 Å². The molecule has 152 valence electrons. The zero-order chi connectivity index (χ0) is 19.8. The molecule has 2 amide bonds. The van der Waals surface area contributed by atoms with Crippen molar-refractivity contribution in [3.63, 3.8) is 0 Å². The van der Waals surface area contributed by atoms with Crippen LogP contribution in [0.1, 0.15) is 84.1 Å². The number of benzene rings is 1. The number of carbonyl (C=O) groups excluding carboxylic acids is 2. The lowest BCUT2D eigenvalue weighted by Crippen LogP contribution is -2.51. The summed E-state index contributed by atoms with van der Waals surface area (Å²) in [5.74, 6) is -0.169. The Bertz CT molecular complexity index is 882. The predicted octanol–water partition coefficient (Wildman–Crippen LogP) is 5.03. The van der Waals surface area contributed by atoms with Gasteiger partial charge in [0.1, 0.15) is 0 Å². The van der Waals surface area contributed by atoms with E-state index < -0.39 is 0 Å². The number of fused-ring (bicyclic) bond motifs is 1. The van der Waals surface area contributed by atoms with Crippen LogP contribution < -0.4 is 5.32 Å². The molecule has 1 aliphatic heterocycles. The minimum atomic E-state index is -0.344. The second kappa shape index (κ2) is 7.94. The molecule has 5 heteroatoms. The van der Waals surface area contributed by atoms with Crippen LogP contribution in [-0.2, 0) is 4.79 Å². The zero-order valence-corrected chi connectivity index (χ0v) is 17.5. The van der Waals surface area contributed by atoms with E-state index in [9.17, 15) is 9.59 Å². The summed E-state index contributed by atoms with van der Waals surface area (Å²) in [6, 6.07) is 12.2. The van der Waals surface area contributed by atoms with Crippen LogP contribution in [0.2, 0.25) is 0 Å². The third-order valence-corrected chi connectivity index (χ3v) is 7.86. The first-order valence-corrected chi connectivity index (χ1v) is 11.9. The molecular weight excluding hydrogens is 380 g/mol. The molecular formula is C24H28N2O2S. The molecule has 2 saturated carbocycles. The molecule has 4 nitrogen and oxygen atoms in total. The van der Waals surface area contributed by atoms with Gasteiger partial charge in [-0.05, 0) is 48.8 Å². The third-order valence-electron chi connectivity index (χ3n) is 6.91. The number of rotatable bonds is 4. The van der Waals surface area contributed by atoms with Crippen molar-refractivity contribution in [2.45, 2.75) is 75.4 Å². The highest BCUT2D eigenvalue weighted by molar-refractivity contribution is 7.10. The Balaban J connectivity index is 1.60. The summed E-state index contributed by atoms with van der Waals surface area (Å²) in [5, 5.41) is 5.39. The predicted molar refractivity (Wildman–Crippen MR) is 115 cm³/mol. The van der Waals surface area contributed by atoms with E-state index in [1.807, 2.05) is 30.3 Å². The average Bonchev–Trinajstić information content (AvgIpc) is 3.50. The van der Waals surface area contributed by atoms with Gasteiger partial charge in [0.15, 0.2) is 0 Å². The summed E-state index contributed by atoms with van der Waals surface area (Å²) in [6.07, 6.45) is 8.89. The lowest BCUT2D eigenvalue weighted by molar-refractivity contribution is -0.125. The Morgan fingerprint density at radius 2 is 1.69 bits per heavy atom. The maximum atomic E-state index is 13.6. The molecule has 2 aliphatic carbocycles. The second-order valence-electron chi connectivity index (χ2n) is 8.67. The fraction of sp³-hybridized carbons (Fsp3) is 0.500. The van der Waals surface area contributed by atoms with Gasteiger partial charge < -0.3 is 10.2 Å². The topological polar surface area (TPSA) is 49.4 Å². The highest BCUT2D eigenvalue weighted by Crippen LogP contribution is 2.47. The molecule has 0 radical (unpaired) electrons. The van der Waals surface area contributed by atoms with Crippen molar-refractivity contribution in [2.24, 2.45) is 0 Å². The number of amides is 2. The molecule has 1 aromatic carbocycles. The van der Waals surface area contributed by atoms with Crippen molar-refractivity contribution in [3.8, 4) is 0 Å². The number of carbonyl (C=O) groups is 2. The molecule has 0 unspecified atom stereocenters. The van der Waals surface area contributed by atoms with E-state index in [-0.39, 0.29) is 35.9 Å². The summed E-state index contributed by atoms with van der Waals surface area (Å²) in [5.41, 5.74) is 1.60. The van der Waals surface area contributed by atoms with E-state index in [4.69, 9.17) is 0 Å². The minimum Gasteiger partial charge on any atom is -0.353 e. The Hall–Kier alpha value is -2.14. The summed E-state index contributed by atoms with van der Waals surface area (Å²) in [6.45, 7) is 0. The number of hydrogen-bond donors (Lipinski definition) is 1. The van der Waals surface area contributed by atoms with Gasteiger partial charge in [0.05, 0.1) is 12.0 Å². The molecule has 5 rings (SSSR count). The highest BCUT2D eigenvalue weighted by atomic mass is 32.1. The Kier molecular flexibility index (Phi) is 5.17. The molecule has 2 heterocycles. The lowest BCUT2D eigenvalue weighted by atomic mass is 9.80. The van der Waals surface area contributed by atoms with Crippen molar-refractivity contribution >= 4 is 23.2 Å². The van der Waals surface area contributed by atoms with Crippen LogP contribution in [0.4, 0.5) is 0 Å². The molecule has 0 spiro atoms. The molecule has 1 N–H and O–H groups in total. The maximum absolute atomic E-state index is 13.6. The van der Waals surface area contributed by atoms with Gasteiger partial charge in [-0.1, -0.05) is 49.9 Å². The van der Waals surface area contributed by atoms with E-state index >= 15 is 0 Å². The second-order valence-corrected chi connectivity index (χ2v) is 9.65. The van der Waals surface area contributed by atoms with E-state index in [2.05, 4.69) is 21.7 Å². The van der Waals surface area contributed by atoms with Crippen LogP contribution in [0, 0.1) is 0 Å². The number of nitrogens with one attached hydrogen (secondary N) is 1. The molecule has 0 bridgehead atoms. The first kappa shape index (κ1) is 18.9. The molecule has 3 aliphatic rings. The number of nitrogens with zero attached hydrogens (tertiary/aromatic N) is 1. The zero-order valence-electron chi connectivity index (χ0n) is 16.7. The standard InChI is InChI=1S/C24H28N2O2S/c27-23(25-16-8-1-2-9-16)21-18-12-5-6-13-19(18)24(28)26(17-10-3-4-11-17)22(21)20-14-7-15-29-20/h5-7,12-17,21-22H,1-4,8-11H2,(H,25,27)/t21-,22-/m0/s1. The van der Waals surface area contributed by atoms with Crippen molar-refractivity contribution in [2.75, 3.05) is 0 Å². The van der Waals surface area contributed by atoms with Crippen LogP contribution in [0.3, 0.4) is 0 Å². The molecule has 29 heavy (non-hydrogen) atoms. The first-order valence-electron chi connectivity index (χ1n) is 11.0. The average molecular weight is 409 g/mol. The van der Waals surface area contributed by atoms with Gasteiger partial charge in [0, 0.05) is 22.5 Å². The fourth-order valence-electron chi connectivity index (χ4n) is 5.54. The SMILES string of the molecule is O=C(NC1CCCC1)[C@H]1c2ccccc2C(=O)N(C2CCCC2)[C@H]1c1cccs1. The summed E-state index contributed by atoms with van der Waals surface area (Å²) < 4.78 is 0. The Labute approximate surface area is 176 Å². The van der Waals surface area contributed by atoms with Crippen molar-refractivity contribution in [3.05, 3.63) is 57.8 Å². The molecule has 2 atom stereocenters. The quantitative estimate of drug-likeness (QED) is 0.771. The normalized spacial score (nSPS) is 25.4. The highest BCUT2D eigenvalue weighted by Gasteiger charge is 2.47. The minimum absolute atomic E-state index is 0.0817. The van der Waals surface area contributed by atoms with E-state index in [1.165, 1.54) is 12.8 Å². The first-order chi connectivity index (χ1) is 14.2. The summed E-state index contributed by atoms with van der Waals surface area (Å²) in [4.78, 5) is 30.5. The largest absolute Gasteiger partial charge is 0.353 e. The summed E-state index contributed by atoms with van der Waals surface area (Å²) in [7, 11) is 0. The van der Waals surface area contributed by atoms with Crippen molar-refractivity contribution in [1.29, 1.82) is 0 Å². The van der Waals surface area contributed by atoms with Crippen molar-refractivity contribution in [1.82, 2.24) is 10.2 Å². The fourth-order valence-corrected chi connectivity index (χ4v) is 6.40. The van der Waals surface area contributed by atoms with Crippen LogP contribution in [-0.4, -0.2) is 28.8 Å². The smallest absolute Gasteiger partial charge is 0.254 e. The third kappa shape index (κ3) is 3.39. The number of thiophene rings is 1. The van der Waals surface area contributed by atoms with E-state index in [0.717, 1.165) is 49.0 Å². The van der Waals surface area contributed by atoms with E-state index in [1.54, 1.807) is 11.3 Å². The maximum Gasteiger partial charge on any atom is 0.254 e. The van der Waals surface area contributed by atoms with Gasteiger partial charge in [-0.15, -0.1) is 11.3 Å². The Morgan fingerprint density at radius 1 is 0.966 bits per heavy atom. The van der Waals surface area contributed by atoms with Gasteiger partial charge in [-0.3, -0.25) is 9.59 Å². The molecule has 0 saturated heterocycles. The van der Waals surface area contributed by atoms with Gasteiger partial charge in [0.25, 0.3) is 5.91 Å². The molecule has 2 aromatic rings. The van der Waals surface area contributed by atoms with Crippen LogP contribution in [0.15, 0.2) is 41.8 Å². The monoisotopic (exact) mass is 408 g/mol. The van der Waals surface area contributed by atoms with E-state index in [0.29, 0.717) is 5.56 Å². The molecule has 1 aromatic heterocycles. The summed E-state index contributed by atoms with van der Waals surface area (Å²) >= 11 is 1.66. The van der Waals surface area contributed by atoms with Gasteiger partial charge in [-0.2, -0.15) is 0 Å². The Morgan fingerprint density at radius 3 is 2.41 bits per heavy atom.